The van der Waals surface area contributed by atoms with Gasteiger partial charge in [-0.3, -0.25) is 9.98 Å². The van der Waals surface area contributed by atoms with E-state index in [1.54, 1.807) is 0 Å². The van der Waals surface area contributed by atoms with Crippen molar-refractivity contribution in [2.75, 3.05) is 18.0 Å². The molecule has 21 heavy (non-hydrogen) atoms. The number of benzene rings is 2. The van der Waals surface area contributed by atoms with E-state index in [2.05, 4.69) is 60.4 Å². The van der Waals surface area contributed by atoms with Crippen LogP contribution in [0.1, 0.15) is 18.1 Å². The molecule has 2 aromatic carbocycles. The average Bonchev–Trinajstić information content (AvgIpc) is 2.83. The summed E-state index contributed by atoms with van der Waals surface area (Å²) < 4.78 is 0. The molecule has 0 spiro atoms. The second kappa shape index (κ2) is 4.85. The van der Waals surface area contributed by atoms with Crippen molar-refractivity contribution in [3.8, 4) is 0 Å². The molecular weight excluding hydrogens is 258 g/mol. The van der Waals surface area contributed by atoms with Crippen molar-refractivity contribution in [3.05, 3.63) is 65.7 Å². The minimum Gasteiger partial charge on any atom is -0.326 e. The molecule has 2 aliphatic heterocycles. The molecule has 0 N–H and O–H groups in total. The summed E-state index contributed by atoms with van der Waals surface area (Å²) in [4.78, 5) is 11.9. The Hall–Kier alpha value is -2.42. The van der Waals surface area contributed by atoms with Crippen LogP contribution in [0, 0.1) is 0 Å². The van der Waals surface area contributed by atoms with Gasteiger partial charge in [-0.2, -0.15) is 0 Å². The van der Waals surface area contributed by atoms with Gasteiger partial charge in [0.05, 0.1) is 24.0 Å². The lowest BCUT2D eigenvalue weighted by molar-refractivity contribution is 0.795. The second-order valence-corrected chi connectivity index (χ2v) is 5.55. The fourth-order valence-corrected chi connectivity index (χ4v) is 3.09. The van der Waals surface area contributed by atoms with Crippen LogP contribution >= 0.6 is 0 Å². The molecule has 0 bridgehead atoms. The highest BCUT2D eigenvalue weighted by molar-refractivity contribution is 6.20. The van der Waals surface area contributed by atoms with Crippen molar-refractivity contribution in [2.24, 2.45) is 9.98 Å². The predicted octanol–water partition coefficient (Wildman–Crippen LogP) is 3.14. The van der Waals surface area contributed by atoms with Gasteiger partial charge in [0.25, 0.3) is 0 Å². The van der Waals surface area contributed by atoms with Crippen molar-refractivity contribution < 1.29 is 0 Å². The summed E-state index contributed by atoms with van der Waals surface area (Å²) in [6, 6.07) is 19.3. The SMILES string of the molecule is C[C@@H]1CN2C(=N1)CN=C(c1ccccc1)c1ccccc12. The van der Waals surface area contributed by atoms with Gasteiger partial charge in [0.15, 0.2) is 0 Å². The van der Waals surface area contributed by atoms with Crippen LogP contribution < -0.4 is 4.90 Å². The summed E-state index contributed by atoms with van der Waals surface area (Å²) in [6.45, 7) is 3.76. The van der Waals surface area contributed by atoms with E-state index in [0.29, 0.717) is 12.6 Å². The lowest BCUT2D eigenvalue weighted by Crippen LogP contribution is -2.30. The Labute approximate surface area is 124 Å². The topological polar surface area (TPSA) is 28.0 Å². The molecule has 0 radical (unpaired) electrons. The van der Waals surface area contributed by atoms with Gasteiger partial charge in [0, 0.05) is 17.7 Å². The largest absolute Gasteiger partial charge is 0.326 e. The molecule has 3 heteroatoms. The Balaban J connectivity index is 1.90. The minimum atomic E-state index is 0.349. The lowest BCUT2D eigenvalue weighted by atomic mass is 10.0. The van der Waals surface area contributed by atoms with Gasteiger partial charge in [-0.15, -0.1) is 0 Å². The monoisotopic (exact) mass is 275 g/mol. The fourth-order valence-electron chi connectivity index (χ4n) is 3.09. The van der Waals surface area contributed by atoms with Gasteiger partial charge >= 0.3 is 0 Å². The smallest absolute Gasteiger partial charge is 0.126 e. The number of hydrogen-bond acceptors (Lipinski definition) is 3. The highest BCUT2D eigenvalue weighted by Gasteiger charge is 2.28. The van der Waals surface area contributed by atoms with Gasteiger partial charge in [-0.05, 0) is 13.0 Å². The first-order valence-electron chi connectivity index (χ1n) is 7.36. The van der Waals surface area contributed by atoms with Crippen LogP contribution in [0.15, 0.2) is 64.6 Å². The Bertz CT molecular complexity index is 731. The molecule has 2 aliphatic rings. The third-order valence-corrected chi connectivity index (χ3v) is 4.00. The Kier molecular flexibility index (Phi) is 2.85. The quantitative estimate of drug-likeness (QED) is 0.785. The first-order valence-corrected chi connectivity index (χ1v) is 7.36. The van der Waals surface area contributed by atoms with Gasteiger partial charge < -0.3 is 4.90 Å². The molecule has 104 valence electrons. The lowest BCUT2D eigenvalue weighted by Gasteiger charge is -2.21. The first kappa shape index (κ1) is 12.3. The maximum absolute atomic E-state index is 4.86. The van der Waals surface area contributed by atoms with E-state index in [0.717, 1.165) is 18.1 Å². The molecule has 0 unspecified atom stereocenters. The van der Waals surface area contributed by atoms with Crippen LogP contribution in [-0.2, 0) is 0 Å². The van der Waals surface area contributed by atoms with Crippen LogP contribution in [0.5, 0.6) is 0 Å². The van der Waals surface area contributed by atoms with Gasteiger partial charge in [0.1, 0.15) is 5.84 Å². The number of para-hydroxylation sites is 1. The molecule has 2 heterocycles. The zero-order valence-electron chi connectivity index (χ0n) is 12.0. The summed E-state index contributed by atoms with van der Waals surface area (Å²) in [5.41, 5.74) is 4.65. The number of hydrogen-bond donors (Lipinski definition) is 0. The Morgan fingerprint density at radius 3 is 2.62 bits per heavy atom. The van der Waals surface area contributed by atoms with Gasteiger partial charge in [0.2, 0.25) is 0 Å². The molecule has 0 saturated carbocycles. The summed E-state index contributed by atoms with van der Waals surface area (Å²) in [7, 11) is 0. The zero-order chi connectivity index (χ0) is 14.2. The number of rotatable bonds is 1. The molecule has 0 aliphatic carbocycles. The summed E-state index contributed by atoms with van der Waals surface area (Å²) in [5, 5.41) is 0. The Morgan fingerprint density at radius 2 is 1.76 bits per heavy atom. The van der Waals surface area contributed by atoms with Crippen molar-refractivity contribution in [3.63, 3.8) is 0 Å². The average molecular weight is 275 g/mol. The highest BCUT2D eigenvalue weighted by atomic mass is 15.3. The molecule has 3 nitrogen and oxygen atoms in total. The number of anilines is 1. The third-order valence-electron chi connectivity index (χ3n) is 4.00. The van der Waals surface area contributed by atoms with E-state index in [-0.39, 0.29) is 0 Å². The van der Waals surface area contributed by atoms with Gasteiger partial charge in [-0.25, -0.2) is 0 Å². The number of aliphatic imine (C=N–C) groups is 2. The summed E-state index contributed by atoms with van der Waals surface area (Å²) >= 11 is 0. The van der Waals surface area contributed by atoms with E-state index in [1.807, 2.05) is 6.07 Å². The van der Waals surface area contributed by atoms with Crippen molar-refractivity contribution >= 4 is 17.2 Å². The highest BCUT2D eigenvalue weighted by Crippen LogP contribution is 2.29. The summed E-state index contributed by atoms with van der Waals surface area (Å²) in [5.74, 6) is 1.08. The Morgan fingerprint density at radius 1 is 1.00 bits per heavy atom. The van der Waals surface area contributed by atoms with E-state index in [4.69, 9.17) is 9.98 Å². The molecule has 1 atom stereocenters. The standard InChI is InChI=1S/C18H17N3/c1-13-12-21-16-10-6-5-9-15(16)18(19-11-17(21)20-13)14-7-3-2-4-8-14/h2-10,13H,11-12H2,1H3/t13-/m1/s1. The maximum Gasteiger partial charge on any atom is 0.126 e. The molecular formula is C18H17N3. The van der Waals surface area contributed by atoms with Crippen LogP contribution in [-0.4, -0.2) is 30.7 Å². The molecule has 0 amide bonds. The normalized spacial score (nSPS) is 20.2. The van der Waals surface area contributed by atoms with Crippen LogP contribution in [0.4, 0.5) is 5.69 Å². The first-order chi connectivity index (χ1) is 10.3. The fraction of sp³-hybridized carbons (Fsp3) is 0.222. The van der Waals surface area contributed by atoms with Crippen LogP contribution in [0.2, 0.25) is 0 Å². The molecule has 0 aromatic heterocycles. The molecule has 4 rings (SSSR count). The van der Waals surface area contributed by atoms with Crippen LogP contribution in [0.25, 0.3) is 0 Å². The number of amidine groups is 1. The maximum atomic E-state index is 4.86. The summed E-state index contributed by atoms with van der Waals surface area (Å²) in [6.07, 6.45) is 0. The van der Waals surface area contributed by atoms with E-state index < -0.39 is 0 Å². The van der Waals surface area contributed by atoms with Crippen molar-refractivity contribution in [2.45, 2.75) is 13.0 Å². The number of fused-ring (bicyclic) bond motifs is 3. The minimum absolute atomic E-state index is 0.349. The van der Waals surface area contributed by atoms with Crippen molar-refractivity contribution in [1.29, 1.82) is 0 Å². The van der Waals surface area contributed by atoms with E-state index in [1.165, 1.54) is 16.8 Å². The molecule has 2 aromatic rings. The van der Waals surface area contributed by atoms with E-state index >= 15 is 0 Å². The predicted molar refractivity (Wildman–Crippen MR) is 87.6 cm³/mol. The van der Waals surface area contributed by atoms with Crippen LogP contribution in [0.3, 0.4) is 0 Å². The zero-order valence-corrected chi connectivity index (χ0v) is 12.0. The third kappa shape index (κ3) is 2.05. The molecule has 0 saturated heterocycles. The molecule has 0 fully saturated rings. The van der Waals surface area contributed by atoms with Gasteiger partial charge in [-0.1, -0.05) is 48.5 Å². The number of nitrogens with zero attached hydrogens (tertiary/aromatic N) is 3. The second-order valence-electron chi connectivity index (χ2n) is 5.55. The van der Waals surface area contributed by atoms with E-state index in [9.17, 15) is 0 Å². The van der Waals surface area contributed by atoms with Crippen molar-refractivity contribution in [1.82, 2.24) is 0 Å².